The zero-order valence-corrected chi connectivity index (χ0v) is 14.0. The van der Waals surface area contributed by atoms with Gasteiger partial charge in [0.15, 0.2) is 0 Å². The number of carbonyl (C=O) groups excluding carboxylic acids is 1. The van der Waals surface area contributed by atoms with Crippen LogP contribution >= 0.6 is 0 Å². The third-order valence-electron chi connectivity index (χ3n) is 5.60. The molecule has 22 heavy (non-hydrogen) atoms. The average molecular weight is 300 g/mol. The second kappa shape index (κ2) is 6.41. The van der Waals surface area contributed by atoms with Gasteiger partial charge in [-0.25, -0.2) is 0 Å². The Hall–Kier alpha value is -1.35. The number of amides is 1. The summed E-state index contributed by atoms with van der Waals surface area (Å²) in [6.45, 7) is 4.19. The van der Waals surface area contributed by atoms with Crippen molar-refractivity contribution in [1.29, 1.82) is 0 Å². The van der Waals surface area contributed by atoms with Crippen LogP contribution in [0.2, 0.25) is 0 Å². The number of carbonyl (C=O) groups is 1. The van der Waals surface area contributed by atoms with E-state index in [-0.39, 0.29) is 11.8 Å². The molecule has 3 unspecified atom stereocenters. The lowest BCUT2D eigenvalue weighted by atomic mass is 9.94. The zero-order valence-electron chi connectivity index (χ0n) is 14.0. The van der Waals surface area contributed by atoms with Crippen LogP contribution in [0, 0.1) is 0 Å². The predicted molar refractivity (Wildman–Crippen MR) is 90.0 cm³/mol. The molecule has 3 nitrogen and oxygen atoms in total. The fourth-order valence-corrected chi connectivity index (χ4v) is 4.01. The molecule has 3 heteroatoms. The van der Waals surface area contributed by atoms with Gasteiger partial charge < -0.3 is 10.2 Å². The van der Waals surface area contributed by atoms with Crippen LogP contribution in [0.1, 0.15) is 56.6 Å². The van der Waals surface area contributed by atoms with Crippen LogP contribution in [-0.4, -0.2) is 36.0 Å². The van der Waals surface area contributed by atoms with E-state index in [0.29, 0.717) is 18.1 Å². The highest BCUT2D eigenvalue weighted by Crippen LogP contribution is 2.30. The highest BCUT2D eigenvalue weighted by molar-refractivity contribution is 5.83. The summed E-state index contributed by atoms with van der Waals surface area (Å²) in [6, 6.07) is 10.2. The second-order valence-corrected chi connectivity index (χ2v) is 7.03. The van der Waals surface area contributed by atoms with Crippen LogP contribution < -0.4 is 5.32 Å². The molecular formula is C19H28N2O. The molecule has 0 aromatic heterocycles. The third kappa shape index (κ3) is 3.05. The van der Waals surface area contributed by atoms with Crippen molar-refractivity contribution in [2.24, 2.45) is 0 Å². The van der Waals surface area contributed by atoms with E-state index in [9.17, 15) is 4.79 Å². The summed E-state index contributed by atoms with van der Waals surface area (Å²) in [5, 5.41) is 3.65. The molecule has 0 aliphatic carbocycles. The van der Waals surface area contributed by atoms with Crippen molar-refractivity contribution in [3.63, 3.8) is 0 Å². The van der Waals surface area contributed by atoms with E-state index in [1.807, 2.05) is 18.9 Å². The quantitative estimate of drug-likeness (QED) is 0.927. The monoisotopic (exact) mass is 300 g/mol. The van der Waals surface area contributed by atoms with Crippen LogP contribution in [0.4, 0.5) is 0 Å². The Bertz CT molecular complexity index is 513. The SMILES string of the molecule is CCc1ccc(C(C)C(=O)N(C)C2CC3CCC(C2)N3)cc1. The van der Waals surface area contributed by atoms with E-state index in [0.717, 1.165) is 24.8 Å². The average Bonchev–Trinajstić information content (AvgIpc) is 2.90. The molecule has 2 aliphatic heterocycles. The van der Waals surface area contributed by atoms with Gasteiger partial charge in [0.1, 0.15) is 0 Å². The summed E-state index contributed by atoms with van der Waals surface area (Å²) in [7, 11) is 1.99. The van der Waals surface area contributed by atoms with Crippen LogP contribution in [-0.2, 0) is 11.2 Å². The Labute approximate surface area is 134 Å². The lowest BCUT2D eigenvalue weighted by Crippen LogP contribution is -2.49. The predicted octanol–water partition coefficient (Wildman–Crippen LogP) is 3.09. The van der Waals surface area contributed by atoms with E-state index >= 15 is 0 Å². The third-order valence-corrected chi connectivity index (χ3v) is 5.60. The Morgan fingerprint density at radius 2 is 1.82 bits per heavy atom. The summed E-state index contributed by atoms with van der Waals surface area (Å²) < 4.78 is 0. The molecule has 3 rings (SSSR count). The van der Waals surface area contributed by atoms with Gasteiger partial charge in [-0.15, -0.1) is 0 Å². The Morgan fingerprint density at radius 3 is 2.36 bits per heavy atom. The van der Waals surface area contributed by atoms with E-state index < -0.39 is 0 Å². The van der Waals surface area contributed by atoms with Crippen molar-refractivity contribution < 1.29 is 4.79 Å². The van der Waals surface area contributed by atoms with E-state index in [1.165, 1.54) is 18.4 Å². The van der Waals surface area contributed by atoms with Gasteiger partial charge in [0.05, 0.1) is 5.92 Å². The fourth-order valence-electron chi connectivity index (χ4n) is 4.01. The van der Waals surface area contributed by atoms with Crippen molar-refractivity contribution >= 4 is 5.91 Å². The molecule has 2 fully saturated rings. The van der Waals surface area contributed by atoms with Gasteiger partial charge in [-0.05, 0) is 50.2 Å². The van der Waals surface area contributed by atoms with Crippen LogP contribution in [0.5, 0.6) is 0 Å². The summed E-state index contributed by atoms with van der Waals surface area (Å²) in [5.74, 6) is 0.207. The summed E-state index contributed by atoms with van der Waals surface area (Å²) >= 11 is 0. The van der Waals surface area contributed by atoms with Crippen molar-refractivity contribution in [1.82, 2.24) is 10.2 Å². The fraction of sp³-hybridized carbons (Fsp3) is 0.632. The number of hydrogen-bond donors (Lipinski definition) is 1. The number of likely N-dealkylation sites (N-methyl/N-ethyl adjacent to an activating group) is 1. The first-order chi connectivity index (χ1) is 10.6. The van der Waals surface area contributed by atoms with E-state index in [1.54, 1.807) is 0 Å². The highest BCUT2D eigenvalue weighted by Gasteiger charge is 2.37. The summed E-state index contributed by atoms with van der Waals surface area (Å²) in [5.41, 5.74) is 2.46. The Kier molecular flexibility index (Phi) is 4.53. The highest BCUT2D eigenvalue weighted by atomic mass is 16.2. The number of nitrogens with one attached hydrogen (secondary N) is 1. The number of benzene rings is 1. The smallest absolute Gasteiger partial charge is 0.229 e. The molecule has 0 saturated carbocycles. The lowest BCUT2D eigenvalue weighted by Gasteiger charge is -2.36. The largest absolute Gasteiger partial charge is 0.342 e. The molecule has 1 N–H and O–H groups in total. The Balaban J connectivity index is 1.66. The number of hydrogen-bond acceptors (Lipinski definition) is 2. The lowest BCUT2D eigenvalue weighted by molar-refractivity contribution is -0.133. The molecule has 2 bridgehead atoms. The first kappa shape index (κ1) is 15.5. The van der Waals surface area contributed by atoms with Crippen molar-refractivity contribution in [2.45, 2.75) is 70.0 Å². The molecule has 2 aliphatic rings. The van der Waals surface area contributed by atoms with Gasteiger partial charge in [0, 0.05) is 25.2 Å². The van der Waals surface area contributed by atoms with Gasteiger partial charge in [-0.1, -0.05) is 31.2 Å². The minimum Gasteiger partial charge on any atom is -0.342 e. The minimum absolute atomic E-state index is 0.0524. The number of piperidine rings is 1. The second-order valence-electron chi connectivity index (χ2n) is 7.03. The maximum absolute atomic E-state index is 12.8. The molecule has 1 aromatic rings. The van der Waals surface area contributed by atoms with Gasteiger partial charge in [-0.3, -0.25) is 4.79 Å². The molecule has 120 valence electrons. The van der Waals surface area contributed by atoms with Gasteiger partial charge in [0.25, 0.3) is 0 Å². The summed E-state index contributed by atoms with van der Waals surface area (Å²) in [6.07, 6.45) is 5.81. The maximum Gasteiger partial charge on any atom is 0.229 e. The van der Waals surface area contributed by atoms with Crippen LogP contribution in [0.3, 0.4) is 0 Å². The molecular weight excluding hydrogens is 272 g/mol. The van der Waals surface area contributed by atoms with Gasteiger partial charge in [0.2, 0.25) is 5.91 Å². The first-order valence-electron chi connectivity index (χ1n) is 8.70. The molecule has 2 saturated heterocycles. The van der Waals surface area contributed by atoms with Crippen molar-refractivity contribution in [3.05, 3.63) is 35.4 Å². The molecule has 1 aromatic carbocycles. The number of nitrogens with zero attached hydrogens (tertiary/aromatic N) is 1. The van der Waals surface area contributed by atoms with Crippen molar-refractivity contribution in [2.75, 3.05) is 7.05 Å². The molecule has 1 amide bonds. The van der Waals surface area contributed by atoms with Gasteiger partial charge in [-0.2, -0.15) is 0 Å². The van der Waals surface area contributed by atoms with E-state index in [2.05, 4.69) is 36.5 Å². The Morgan fingerprint density at radius 1 is 1.23 bits per heavy atom. The van der Waals surface area contributed by atoms with Gasteiger partial charge >= 0.3 is 0 Å². The zero-order chi connectivity index (χ0) is 15.7. The van der Waals surface area contributed by atoms with E-state index in [4.69, 9.17) is 0 Å². The van der Waals surface area contributed by atoms with Crippen molar-refractivity contribution in [3.8, 4) is 0 Å². The molecule has 2 heterocycles. The molecule has 0 radical (unpaired) electrons. The van der Waals surface area contributed by atoms with Crippen LogP contribution in [0.15, 0.2) is 24.3 Å². The van der Waals surface area contributed by atoms with Crippen LogP contribution in [0.25, 0.3) is 0 Å². The molecule has 0 spiro atoms. The normalized spacial score (nSPS) is 28.4. The topological polar surface area (TPSA) is 32.3 Å². The summed E-state index contributed by atoms with van der Waals surface area (Å²) in [4.78, 5) is 14.9. The standard InChI is InChI=1S/C19H28N2O/c1-4-14-5-7-15(8-6-14)13(2)19(22)21(3)18-11-16-9-10-17(12-18)20-16/h5-8,13,16-18,20H,4,9-12H2,1-3H3. The minimum atomic E-state index is -0.0524. The number of aryl methyl sites for hydroxylation is 1. The number of rotatable bonds is 4. The number of fused-ring (bicyclic) bond motifs is 2. The molecule has 3 atom stereocenters. The first-order valence-corrected chi connectivity index (χ1v) is 8.70. The maximum atomic E-state index is 12.8.